The van der Waals surface area contributed by atoms with Crippen molar-refractivity contribution >= 4 is 44.4 Å². The van der Waals surface area contributed by atoms with Crippen LogP contribution in [-0.4, -0.2) is 19.9 Å². The summed E-state index contributed by atoms with van der Waals surface area (Å²) < 4.78 is 0. The molecule has 0 saturated carbocycles. The molecule has 5 heterocycles. The van der Waals surface area contributed by atoms with Crippen LogP contribution in [0.3, 0.4) is 0 Å². The maximum absolute atomic E-state index is 5.02. The minimum absolute atomic E-state index is 0.412. The summed E-state index contributed by atoms with van der Waals surface area (Å²) in [7, 11) is 0. The molecule has 0 aliphatic carbocycles. The molecular formula is C29H32N4. The van der Waals surface area contributed by atoms with Gasteiger partial charge in [-0.1, -0.05) is 13.8 Å². The van der Waals surface area contributed by atoms with Gasteiger partial charge in [0.25, 0.3) is 0 Å². The fraction of sp³-hybridized carbons (Fsp3) is 0.310. The Bertz CT molecular complexity index is 1540. The first kappa shape index (κ1) is 21.4. The van der Waals surface area contributed by atoms with Crippen molar-refractivity contribution in [2.45, 2.75) is 61.3 Å². The number of nitrogens with zero attached hydrogens (tertiary/aromatic N) is 2. The summed E-state index contributed by atoms with van der Waals surface area (Å²) in [6.07, 6.45) is 0. The molecule has 4 heteroatoms. The van der Waals surface area contributed by atoms with Gasteiger partial charge < -0.3 is 9.97 Å². The van der Waals surface area contributed by atoms with E-state index in [-0.39, 0.29) is 0 Å². The highest BCUT2D eigenvalue weighted by Gasteiger charge is 2.18. The lowest BCUT2D eigenvalue weighted by atomic mass is 9.99. The van der Waals surface area contributed by atoms with Crippen LogP contribution in [0.1, 0.15) is 86.9 Å². The van der Waals surface area contributed by atoms with Gasteiger partial charge in [0.1, 0.15) is 0 Å². The van der Waals surface area contributed by atoms with Gasteiger partial charge in [-0.25, -0.2) is 9.97 Å². The fourth-order valence-corrected chi connectivity index (χ4v) is 4.97. The molecule has 0 saturated heterocycles. The van der Waals surface area contributed by atoms with Gasteiger partial charge in [-0.2, -0.15) is 0 Å². The standard InChI is InChI=1S/C29H32N4/c1-14(2)29-20(8)27-13-26-19(7)18(6)25(32-26)12-24-17(5)16(4)23(31-24)10-21-9-15(3)22(30-21)11-28(29)33-27/h9-14,30,33H,1-8H3. The number of hydrogen-bond donors (Lipinski definition) is 2. The van der Waals surface area contributed by atoms with E-state index in [9.17, 15) is 0 Å². The number of allylic oxidation sites excluding steroid dienone is 4. The molecule has 0 fully saturated rings. The van der Waals surface area contributed by atoms with E-state index in [0.717, 1.165) is 44.8 Å². The fourth-order valence-electron chi connectivity index (χ4n) is 4.97. The van der Waals surface area contributed by atoms with Crippen molar-refractivity contribution < 1.29 is 0 Å². The summed E-state index contributed by atoms with van der Waals surface area (Å²) in [5.41, 5.74) is 17.2. The quantitative estimate of drug-likeness (QED) is 0.406. The molecule has 2 aliphatic heterocycles. The molecule has 168 valence electrons. The van der Waals surface area contributed by atoms with E-state index in [1.807, 2.05) is 0 Å². The maximum atomic E-state index is 5.02. The van der Waals surface area contributed by atoms with Crippen LogP contribution < -0.4 is 0 Å². The summed E-state index contributed by atoms with van der Waals surface area (Å²) in [5.74, 6) is 0.412. The normalized spacial score (nSPS) is 14.1. The number of aryl methyl sites for hydroxylation is 2. The average molecular weight is 437 g/mol. The van der Waals surface area contributed by atoms with Crippen LogP contribution in [0, 0.1) is 13.8 Å². The van der Waals surface area contributed by atoms with E-state index in [2.05, 4.69) is 95.7 Å². The van der Waals surface area contributed by atoms with Crippen molar-refractivity contribution in [3.63, 3.8) is 0 Å². The Hall–Kier alpha value is -3.40. The van der Waals surface area contributed by atoms with Gasteiger partial charge in [-0.15, -0.1) is 0 Å². The molecule has 0 spiro atoms. The number of rotatable bonds is 1. The molecule has 4 nitrogen and oxygen atoms in total. The zero-order valence-corrected chi connectivity index (χ0v) is 20.9. The number of hydrogen-bond acceptors (Lipinski definition) is 2. The van der Waals surface area contributed by atoms with E-state index in [0.29, 0.717) is 5.92 Å². The average Bonchev–Trinajstić information content (AvgIpc) is 3.41. The highest BCUT2D eigenvalue weighted by molar-refractivity contribution is 5.94. The Balaban J connectivity index is 1.98. The summed E-state index contributed by atoms with van der Waals surface area (Å²) in [6.45, 7) is 17.5. The molecule has 0 amide bonds. The lowest BCUT2D eigenvalue weighted by Crippen LogP contribution is -1.87. The zero-order valence-electron chi connectivity index (χ0n) is 20.9. The van der Waals surface area contributed by atoms with Crippen LogP contribution >= 0.6 is 0 Å². The van der Waals surface area contributed by atoms with Gasteiger partial charge >= 0.3 is 0 Å². The topological polar surface area (TPSA) is 57.4 Å². The minimum atomic E-state index is 0.412. The van der Waals surface area contributed by atoms with Gasteiger partial charge in [-0.3, -0.25) is 0 Å². The molecule has 3 aromatic rings. The lowest BCUT2D eigenvalue weighted by Gasteiger charge is -2.04. The Morgan fingerprint density at radius 2 is 1.12 bits per heavy atom. The van der Waals surface area contributed by atoms with Crippen molar-refractivity contribution in [1.29, 1.82) is 0 Å². The molecule has 0 atom stereocenters. The van der Waals surface area contributed by atoms with Crippen LogP contribution in [-0.2, 0) is 0 Å². The van der Waals surface area contributed by atoms with Gasteiger partial charge in [0.15, 0.2) is 0 Å². The van der Waals surface area contributed by atoms with Crippen molar-refractivity contribution in [2.75, 3.05) is 0 Å². The second-order valence-electron chi connectivity index (χ2n) is 9.81. The van der Waals surface area contributed by atoms with Crippen LogP contribution in [0.4, 0.5) is 0 Å². The molecule has 8 bridgehead atoms. The van der Waals surface area contributed by atoms with Crippen molar-refractivity contribution in [3.8, 4) is 0 Å². The molecule has 33 heavy (non-hydrogen) atoms. The van der Waals surface area contributed by atoms with Crippen LogP contribution in [0.25, 0.3) is 44.4 Å². The highest BCUT2D eigenvalue weighted by atomic mass is 14.8. The third-order valence-electron chi connectivity index (χ3n) is 7.30. The smallest absolute Gasteiger partial charge is 0.0691 e. The predicted octanol–water partition coefficient (Wildman–Crippen LogP) is 7.96. The molecule has 5 rings (SSSR count). The zero-order chi connectivity index (χ0) is 23.6. The number of fused-ring (bicyclic) bond motifs is 8. The molecule has 0 unspecified atom stereocenters. The molecule has 3 aromatic heterocycles. The second-order valence-corrected chi connectivity index (χ2v) is 9.81. The summed E-state index contributed by atoms with van der Waals surface area (Å²) in [6, 6.07) is 10.9. The van der Waals surface area contributed by atoms with Gasteiger partial charge in [0, 0.05) is 22.1 Å². The van der Waals surface area contributed by atoms with E-state index < -0.39 is 0 Å². The number of nitrogens with one attached hydrogen (secondary N) is 2. The SMILES string of the molecule is CC1=C(C)c2cc3cc(C)c(cc4[nH]c(cc5nc(cc1n2)C(C)=C5C)c(C)c4C(C)C)[nH]3. The first-order valence-corrected chi connectivity index (χ1v) is 11.7. The molecule has 2 N–H and O–H groups in total. The Labute approximate surface area is 195 Å². The van der Waals surface area contributed by atoms with Crippen LogP contribution in [0.5, 0.6) is 0 Å². The molecular weight excluding hydrogens is 404 g/mol. The van der Waals surface area contributed by atoms with Gasteiger partial charge in [-0.05, 0) is 117 Å². The van der Waals surface area contributed by atoms with Gasteiger partial charge in [0.05, 0.1) is 22.8 Å². The second kappa shape index (κ2) is 7.58. The van der Waals surface area contributed by atoms with Crippen LogP contribution in [0.15, 0.2) is 30.3 Å². The Morgan fingerprint density at radius 1 is 0.576 bits per heavy atom. The lowest BCUT2D eigenvalue weighted by molar-refractivity contribution is 0.870. The number of aromatic amines is 2. The van der Waals surface area contributed by atoms with Gasteiger partial charge in [0.2, 0.25) is 0 Å². The van der Waals surface area contributed by atoms with E-state index in [4.69, 9.17) is 9.97 Å². The first-order chi connectivity index (χ1) is 15.6. The summed E-state index contributed by atoms with van der Waals surface area (Å²) in [5, 5.41) is 0. The Kier molecular flexibility index (Phi) is 4.93. The maximum Gasteiger partial charge on any atom is 0.0691 e. The predicted molar refractivity (Wildman–Crippen MR) is 141 cm³/mol. The third-order valence-corrected chi connectivity index (χ3v) is 7.30. The first-order valence-electron chi connectivity index (χ1n) is 11.7. The monoisotopic (exact) mass is 436 g/mol. The third kappa shape index (κ3) is 3.45. The van der Waals surface area contributed by atoms with E-state index in [1.165, 1.54) is 39.0 Å². The van der Waals surface area contributed by atoms with E-state index in [1.54, 1.807) is 0 Å². The number of aromatic nitrogens is 4. The molecule has 0 aromatic carbocycles. The van der Waals surface area contributed by atoms with Crippen molar-refractivity contribution in [2.24, 2.45) is 0 Å². The highest BCUT2D eigenvalue weighted by Crippen LogP contribution is 2.34. The molecule has 0 radical (unpaired) electrons. The van der Waals surface area contributed by atoms with Crippen molar-refractivity contribution in [3.05, 3.63) is 69.8 Å². The van der Waals surface area contributed by atoms with Crippen LogP contribution in [0.2, 0.25) is 0 Å². The van der Waals surface area contributed by atoms with Crippen molar-refractivity contribution in [1.82, 2.24) is 19.9 Å². The summed E-state index contributed by atoms with van der Waals surface area (Å²) in [4.78, 5) is 17.3. The van der Waals surface area contributed by atoms with E-state index >= 15 is 0 Å². The molecule has 2 aliphatic rings. The number of H-pyrrole nitrogens is 2. The minimum Gasteiger partial charge on any atom is -0.355 e. The summed E-state index contributed by atoms with van der Waals surface area (Å²) >= 11 is 0. The largest absolute Gasteiger partial charge is 0.355 e. The Morgan fingerprint density at radius 3 is 1.70 bits per heavy atom.